The molecular weight excluding hydrogens is 424 g/mol. The summed E-state index contributed by atoms with van der Waals surface area (Å²) in [5.41, 5.74) is 0.170. The molecule has 8 nitrogen and oxygen atoms in total. The molecule has 1 aliphatic rings. The predicted molar refractivity (Wildman–Crippen MR) is 125 cm³/mol. The summed E-state index contributed by atoms with van der Waals surface area (Å²) in [6, 6.07) is 6.57. The van der Waals surface area contributed by atoms with Crippen LogP contribution in [0.2, 0.25) is 0 Å². The number of carbonyl (C=O) groups excluding carboxylic acids is 3. The highest BCUT2D eigenvalue weighted by atomic mass is 16.6. The van der Waals surface area contributed by atoms with Gasteiger partial charge in [-0.15, -0.1) is 0 Å². The Labute approximate surface area is 196 Å². The molecule has 0 radical (unpaired) electrons. The maximum absolute atomic E-state index is 12.2. The van der Waals surface area contributed by atoms with Crippen LogP contribution in [0.15, 0.2) is 24.3 Å². The van der Waals surface area contributed by atoms with Gasteiger partial charge in [0.1, 0.15) is 29.8 Å². The summed E-state index contributed by atoms with van der Waals surface area (Å²) in [6.45, 7) is 9.33. The third-order valence-electron chi connectivity index (χ3n) is 5.41. The van der Waals surface area contributed by atoms with Crippen molar-refractivity contribution in [1.29, 1.82) is 0 Å². The number of ether oxygens (including phenoxy) is 3. The first-order valence-electron chi connectivity index (χ1n) is 11.6. The lowest BCUT2D eigenvalue weighted by atomic mass is 10.0. The minimum Gasteiger partial charge on any atom is -0.492 e. The molecule has 8 heteroatoms. The first-order chi connectivity index (χ1) is 15.6. The molecule has 1 aromatic rings. The van der Waals surface area contributed by atoms with Crippen LogP contribution in [-0.4, -0.2) is 67.2 Å². The van der Waals surface area contributed by atoms with Crippen molar-refractivity contribution in [2.45, 2.75) is 77.5 Å². The molecular formula is C25H38N2O6. The summed E-state index contributed by atoms with van der Waals surface area (Å²) >= 11 is 0. The van der Waals surface area contributed by atoms with Crippen molar-refractivity contribution in [2.24, 2.45) is 0 Å². The molecule has 33 heavy (non-hydrogen) atoms. The molecule has 1 heterocycles. The second-order valence-corrected chi connectivity index (χ2v) is 9.54. The molecule has 1 aliphatic heterocycles. The average molecular weight is 463 g/mol. The molecule has 2 atom stereocenters. The zero-order chi connectivity index (χ0) is 24.4. The molecule has 0 aromatic heterocycles. The predicted octanol–water partition coefficient (Wildman–Crippen LogP) is 3.51. The summed E-state index contributed by atoms with van der Waals surface area (Å²) < 4.78 is 16.1. The first kappa shape index (κ1) is 26.6. The van der Waals surface area contributed by atoms with Crippen LogP contribution in [0.4, 0.5) is 4.79 Å². The third-order valence-corrected chi connectivity index (χ3v) is 5.41. The fourth-order valence-corrected chi connectivity index (χ4v) is 3.84. The Morgan fingerprint density at radius 2 is 1.70 bits per heavy atom. The van der Waals surface area contributed by atoms with E-state index in [0.717, 1.165) is 31.5 Å². The number of rotatable bonds is 10. The molecule has 2 rings (SSSR count). The van der Waals surface area contributed by atoms with Gasteiger partial charge in [-0.2, -0.15) is 0 Å². The number of nitrogens with one attached hydrogen (secondary N) is 1. The third kappa shape index (κ3) is 9.82. The summed E-state index contributed by atoms with van der Waals surface area (Å²) in [7, 11) is 1.28. The number of methoxy groups -OCH3 is 1. The van der Waals surface area contributed by atoms with Crippen LogP contribution in [0.25, 0.3) is 0 Å². The molecule has 184 valence electrons. The lowest BCUT2D eigenvalue weighted by Crippen LogP contribution is -2.45. The molecule has 1 unspecified atom stereocenters. The second kappa shape index (κ2) is 12.6. The molecule has 1 aromatic carbocycles. The van der Waals surface area contributed by atoms with Gasteiger partial charge in [-0.25, -0.2) is 9.59 Å². The highest BCUT2D eigenvalue weighted by Crippen LogP contribution is 2.19. The molecule has 0 spiro atoms. The van der Waals surface area contributed by atoms with E-state index in [1.807, 2.05) is 24.3 Å². The Hall–Kier alpha value is -2.61. The second-order valence-electron chi connectivity index (χ2n) is 9.54. The Kier molecular flexibility index (Phi) is 10.2. The minimum absolute atomic E-state index is 0.0733. The van der Waals surface area contributed by atoms with Crippen molar-refractivity contribution in [2.75, 3.05) is 26.8 Å². The fraction of sp³-hybridized carbons (Fsp3) is 0.640. The van der Waals surface area contributed by atoms with Gasteiger partial charge in [0.15, 0.2) is 0 Å². The van der Waals surface area contributed by atoms with Crippen molar-refractivity contribution in [3.05, 3.63) is 29.8 Å². The molecule has 1 fully saturated rings. The highest BCUT2D eigenvalue weighted by molar-refractivity contribution is 5.81. The topological polar surface area (TPSA) is 94.2 Å². The number of Topliss-reactive ketones (excluding diaryl/α,β-unsaturated/α-hetero) is 1. The Bertz CT molecular complexity index is 781. The van der Waals surface area contributed by atoms with E-state index in [0.29, 0.717) is 18.8 Å². The van der Waals surface area contributed by atoms with Gasteiger partial charge in [0.05, 0.1) is 13.2 Å². The molecule has 1 saturated heterocycles. The van der Waals surface area contributed by atoms with E-state index in [1.54, 1.807) is 27.7 Å². The van der Waals surface area contributed by atoms with E-state index in [1.165, 1.54) is 13.5 Å². The number of carbonyl (C=O) groups is 3. The molecule has 0 saturated carbocycles. The Balaban J connectivity index is 1.96. The van der Waals surface area contributed by atoms with Gasteiger partial charge >= 0.3 is 12.1 Å². The van der Waals surface area contributed by atoms with Crippen molar-refractivity contribution in [3.63, 3.8) is 0 Å². The summed E-state index contributed by atoms with van der Waals surface area (Å²) in [6.07, 6.45) is 3.61. The van der Waals surface area contributed by atoms with E-state index in [-0.39, 0.29) is 18.2 Å². The van der Waals surface area contributed by atoms with Crippen molar-refractivity contribution in [3.8, 4) is 5.75 Å². The van der Waals surface area contributed by atoms with Gasteiger partial charge in [0, 0.05) is 12.8 Å². The number of ketones is 1. The maximum Gasteiger partial charge on any atom is 0.408 e. The van der Waals surface area contributed by atoms with Crippen LogP contribution in [0.1, 0.15) is 58.9 Å². The van der Waals surface area contributed by atoms with Gasteiger partial charge in [0.25, 0.3) is 0 Å². The standard InChI is InChI=1S/C25H38N2O6/c1-18(28)15-20(27-13-7-6-8-14-27)17-32-21-11-9-19(10-12-21)16-22(23(29)31-5)26-24(30)33-25(2,3)4/h9-12,20,22H,6-8,13-17H2,1-5H3,(H,26,30)/t20?,22-/m0/s1. The number of hydrogen-bond donors (Lipinski definition) is 1. The first-order valence-corrected chi connectivity index (χ1v) is 11.6. The zero-order valence-corrected chi connectivity index (χ0v) is 20.5. The Morgan fingerprint density at radius 3 is 2.24 bits per heavy atom. The lowest BCUT2D eigenvalue weighted by Gasteiger charge is -2.34. The van der Waals surface area contributed by atoms with Crippen LogP contribution in [-0.2, 0) is 25.5 Å². The summed E-state index contributed by atoms with van der Waals surface area (Å²) in [5, 5.41) is 2.58. The van der Waals surface area contributed by atoms with Crippen LogP contribution >= 0.6 is 0 Å². The van der Waals surface area contributed by atoms with Crippen LogP contribution in [0.5, 0.6) is 5.75 Å². The van der Waals surface area contributed by atoms with Gasteiger partial charge in [-0.1, -0.05) is 18.6 Å². The van der Waals surface area contributed by atoms with Gasteiger partial charge in [0.2, 0.25) is 0 Å². The zero-order valence-electron chi connectivity index (χ0n) is 20.5. The maximum atomic E-state index is 12.2. The van der Waals surface area contributed by atoms with Gasteiger partial charge in [-0.05, 0) is 71.3 Å². The summed E-state index contributed by atoms with van der Waals surface area (Å²) in [5.74, 6) is 0.310. The number of esters is 1. The van der Waals surface area contributed by atoms with Crippen molar-refractivity contribution >= 4 is 17.8 Å². The van der Waals surface area contributed by atoms with Crippen LogP contribution in [0, 0.1) is 0 Å². The fourth-order valence-electron chi connectivity index (χ4n) is 3.84. The van der Waals surface area contributed by atoms with E-state index in [4.69, 9.17) is 14.2 Å². The van der Waals surface area contributed by atoms with Crippen molar-refractivity contribution in [1.82, 2.24) is 10.2 Å². The van der Waals surface area contributed by atoms with E-state index in [2.05, 4.69) is 10.2 Å². The number of alkyl carbamates (subject to hydrolysis) is 1. The lowest BCUT2D eigenvalue weighted by molar-refractivity contribution is -0.143. The highest BCUT2D eigenvalue weighted by Gasteiger charge is 2.26. The Morgan fingerprint density at radius 1 is 1.06 bits per heavy atom. The van der Waals surface area contributed by atoms with Crippen LogP contribution < -0.4 is 10.1 Å². The van der Waals surface area contributed by atoms with Crippen LogP contribution in [0.3, 0.4) is 0 Å². The van der Waals surface area contributed by atoms with Crippen molar-refractivity contribution < 1.29 is 28.6 Å². The number of nitrogens with zero attached hydrogens (tertiary/aromatic N) is 1. The van der Waals surface area contributed by atoms with E-state index in [9.17, 15) is 14.4 Å². The number of piperidine rings is 1. The smallest absolute Gasteiger partial charge is 0.408 e. The van der Waals surface area contributed by atoms with E-state index < -0.39 is 23.7 Å². The molecule has 1 amide bonds. The SMILES string of the molecule is COC(=O)[C@H](Cc1ccc(OCC(CC(C)=O)N2CCCCC2)cc1)NC(=O)OC(C)(C)C. The molecule has 0 bridgehead atoms. The number of amides is 1. The minimum atomic E-state index is -0.865. The molecule has 1 N–H and O–H groups in total. The average Bonchev–Trinajstić information content (AvgIpc) is 2.75. The quantitative estimate of drug-likeness (QED) is 0.532. The van der Waals surface area contributed by atoms with E-state index >= 15 is 0 Å². The molecule has 0 aliphatic carbocycles. The largest absolute Gasteiger partial charge is 0.492 e. The monoisotopic (exact) mass is 462 g/mol. The summed E-state index contributed by atoms with van der Waals surface area (Å²) in [4.78, 5) is 38.3. The number of benzene rings is 1. The normalized spacial score (nSPS) is 16.4. The van der Waals surface area contributed by atoms with Gasteiger partial charge in [-0.3, -0.25) is 9.69 Å². The number of hydrogen-bond acceptors (Lipinski definition) is 7. The van der Waals surface area contributed by atoms with Gasteiger partial charge < -0.3 is 19.5 Å². The number of likely N-dealkylation sites (tertiary alicyclic amines) is 1.